The fourth-order valence-corrected chi connectivity index (χ4v) is 3.45. The summed E-state index contributed by atoms with van der Waals surface area (Å²) in [5, 5.41) is 16.5. The van der Waals surface area contributed by atoms with Crippen molar-refractivity contribution < 1.29 is 5.11 Å². The number of guanidine groups is 1. The van der Waals surface area contributed by atoms with Gasteiger partial charge in [0.05, 0.1) is 13.2 Å². The Morgan fingerprint density at radius 3 is 2.41 bits per heavy atom. The molecule has 1 aromatic carbocycles. The number of hydrogen-bond donors (Lipinski definition) is 3. The van der Waals surface area contributed by atoms with Crippen molar-refractivity contribution in [2.45, 2.75) is 51.5 Å². The number of aliphatic hydroxyl groups excluding tert-OH is 1. The molecule has 2 rings (SSSR count). The quantitative estimate of drug-likeness (QED) is 0.299. The van der Waals surface area contributed by atoms with Gasteiger partial charge >= 0.3 is 0 Å². The van der Waals surface area contributed by atoms with Gasteiger partial charge in [0.2, 0.25) is 0 Å². The molecule has 0 spiro atoms. The van der Waals surface area contributed by atoms with E-state index in [1.165, 1.54) is 32.4 Å². The predicted octanol–water partition coefficient (Wildman–Crippen LogP) is 3.20. The van der Waals surface area contributed by atoms with Gasteiger partial charge in [-0.15, -0.1) is 24.0 Å². The highest BCUT2D eigenvalue weighted by molar-refractivity contribution is 14.0. The van der Waals surface area contributed by atoms with E-state index >= 15 is 0 Å². The maximum absolute atomic E-state index is 9.74. The maximum atomic E-state index is 9.74. The van der Waals surface area contributed by atoms with Gasteiger partial charge < -0.3 is 15.7 Å². The fraction of sp³-hybridized carbons (Fsp3) is 0.667. The highest BCUT2D eigenvalue weighted by Crippen LogP contribution is 2.20. The number of aliphatic hydroxyl groups is 1. The summed E-state index contributed by atoms with van der Waals surface area (Å²) in [6.45, 7) is 11.4. The molecule has 0 radical (unpaired) electrons. The first-order valence-corrected chi connectivity index (χ1v) is 10.00. The molecule has 0 saturated carbocycles. The SMILES string of the molecule is CCNC(=NCC(C)(C)N1CCCCC1)NCC(CO)c1ccccc1.I. The summed E-state index contributed by atoms with van der Waals surface area (Å²) in [4.78, 5) is 7.39. The van der Waals surface area contributed by atoms with Gasteiger partial charge in [-0.05, 0) is 52.3 Å². The monoisotopic (exact) mass is 488 g/mol. The fourth-order valence-electron chi connectivity index (χ4n) is 3.45. The summed E-state index contributed by atoms with van der Waals surface area (Å²) in [6.07, 6.45) is 3.93. The van der Waals surface area contributed by atoms with Crippen LogP contribution in [0.3, 0.4) is 0 Å². The highest BCUT2D eigenvalue weighted by Gasteiger charge is 2.27. The minimum atomic E-state index is 0. The van der Waals surface area contributed by atoms with Crippen LogP contribution >= 0.6 is 24.0 Å². The number of nitrogens with zero attached hydrogens (tertiary/aromatic N) is 2. The molecule has 0 aliphatic carbocycles. The van der Waals surface area contributed by atoms with E-state index in [9.17, 15) is 5.11 Å². The summed E-state index contributed by atoms with van der Waals surface area (Å²) in [7, 11) is 0. The molecule has 27 heavy (non-hydrogen) atoms. The molecule has 1 unspecified atom stereocenters. The van der Waals surface area contributed by atoms with Crippen molar-refractivity contribution >= 4 is 29.9 Å². The number of piperidine rings is 1. The van der Waals surface area contributed by atoms with Crippen molar-refractivity contribution in [3.63, 3.8) is 0 Å². The second kappa shape index (κ2) is 12.6. The van der Waals surface area contributed by atoms with Gasteiger partial charge in [-0.25, -0.2) is 0 Å². The Labute approximate surface area is 182 Å². The summed E-state index contributed by atoms with van der Waals surface area (Å²) in [5.41, 5.74) is 1.21. The number of benzene rings is 1. The first kappa shape index (κ1) is 24.2. The second-order valence-electron chi connectivity index (χ2n) is 7.73. The lowest BCUT2D eigenvalue weighted by Crippen LogP contribution is -2.49. The van der Waals surface area contributed by atoms with E-state index in [1.807, 2.05) is 18.2 Å². The molecule has 1 aliphatic heterocycles. The van der Waals surface area contributed by atoms with Crippen molar-refractivity contribution in [3.8, 4) is 0 Å². The zero-order valence-electron chi connectivity index (χ0n) is 17.1. The average Bonchev–Trinajstić information content (AvgIpc) is 2.68. The number of nitrogens with one attached hydrogen (secondary N) is 2. The molecule has 6 heteroatoms. The standard InChI is InChI=1S/C21H36N4O.HI/c1-4-22-20(23-15-19(16-26)18-11-7-5-8-12-18)24-17-21(2,3)25-13-9-6-10-14-25;/h5,7-8,11-12,19,26H,4,6,9-10,13-17H2,1-3H3,(H2,22,23,24);1H. The zero-order valence-corrected chi connectivity index (χ0v) is 19.4. The summed E-state index contributed by atoms with van der Waals surface area (Å²) in [6, 6.07) is 10.1. The third kappa shape index (κ3) is 7.95. The third-order valence-electron chi connectivity index (χ3n) is 5.19. The van der Waals surface area contributed by atoms with Gasteiger partial charge in [0.15, 0.2) is 5.96 Å². The first-order chi connectivity index (χ1) is 12.6. The van der Waals surface area contributed by atoms with Crippen molar-refractivity contribution in [1.82, 2.24) is 15.5 Å². The van der Waals surface area contributed by atoms with Crippen molar-refractivity contribution in [3.05, 3.63) is 35.9 Å². The summed E-state index contributed by atoms with van der Waals surface area (Å²) < 4.78 is 0. The molecule has 0 bridgehead atoms. The van der Waals surface area contributed by atoms with Crippen LogP contribution in [0.25, 0.3) is 0 Å². The van der Waals surface area contributed by atoms with E-state index < -0.39 is 0 Å². The number of hydrogen-bond acceptors (Lipinski definition) is 3. The Kier molecular flexibility index (Phi) is 11.3. The van der Waals surface area contributed by atoms with E-state index in [-0.39, 0.29) is 42.0 Å². The minimum Gasteiger partial charge on any atom is -0.396 e. The van der Waals surface area contributed by atoms with Crippen LogP contribution in [0.1, 0.15) is 51.5 Å². The van der Waals surface area contributed by atoms with Crippen LogP contribution in [0, 0.1) is 0 Å². The van der Waals surface area contributed by atoms with Gasteiger partial charge in [0.1, 0.15) is 0 Å². The normalized spacial score (nSPS) is 17.1. The topological polar surface area (TPSA) is 59.9 Å². The predicted molar refractivity (Wildman–Crippen MR) is 125 cm³/mol. The van der Waals surface area contributed by atoms with Crippen LogP contribution in [0.5, 0.6) is 0 Å². The lowest BCUT2D eigenvalue weighted by atomic mass is 9.99. The van der Waals surface area contributed by atoms with E-state index in [0.29, 0.717) is 6.54 Å². The Bertz CT molecular complexity index is 544. The summed E-state index contributed by atoms with van der Waals surface area (Å²) >= 11 is 0. The summed E-state index contributed by atoms with van der Waals surface area (Å²) in [5.74, 6) is 0.891. The first-order valence-electron chi connectivity index (χ1n) is 10.00. The van der Waals surface area contributed by atoms with Gasteiger partial charge in [-0.3, -0.25) is 9.89 Å². The number of halogens is 1. The van der Waals surface area contributed by atoms with Crippen molar-refractivity contribution in [2.24, 2.45) is 4.99 Å². The molecule has 1 saturated heterocycles. The van der Waals surface area contributed by atoms with Crippen LogP contribution < -0.4 is 10.6 Å². The largest absolute Gasteiger partial charge is 0.396 e. The molecule has 1 aromatic rings. The van der Waals surface area contributed by atoms with E-state index in [1.54, 1.807) is 0 Å². The highest BCUT2D eigenvalue weighted by atomic mass is 127. The molecular formula is C21H37IN4O. The number of likely N-dealkylation sites (tertiary alicyclic amines) is 1. The molecule has 1 heterocycles. The Balaban J connectivity index is 0.00000364. The third-order valence-corrected chi connectivity index (χ3v) is 5.19. The number of aliphatic imine (C=N–C) groups is 1. The second-order valence-corrected chi connectivity index (χ2v) is 7.73. The van der Waals surface area contributed by atoms with Gasteiger partial charge in [-0.2, -0.15) is 0 Å². The molecule has 0 amide bonds. The van der Waals surface area contributed by atoms with Crippen LogP contribution in [-0.2, 0) is 0 Å². The molecule has 1 fully saturated rings. The van der Waals surface area contributed by atoms with Gasteiger partial charge in [0, 0.05) is 24.5 Å². The van der Waals surface area contributed by atoms with Crippen LogP contribution in [0.2, 0.25) is 0 Å². The average molecular weight is 488 g/mol. The molecule has 0 aromatic heterocycles. The van der Waals surface area contributed by atoms with Crippen LogP contribution in [-0.4, -0.2) is 60.8 Å². The lowest BCUT2D eigenvalue weighted by Gasteiger charge is -2.40. The molecular weight excluding hydrogens is 451 g/mol. The Morgan fingerprint density at radius 2 is 1.81 bits per heavy atom. The Hall–Kier alpha value is -0.860. The van der Waals surface area contributed by atoms with Crippen LogP contribution in [0.4, 0.5) is 0 Å². The maximum Gasteiger partial charge on any atom is 0.191 e. The molecule has 1 atom stereocenters. The molecule has 154 valence electrons. The molecule has 5 nitrogen and oxygen atoms in total. The zero-order chi connectivity index (χ0) is 18.8. The van der Waals surface area contributed by atoms with E-state index in [0.717, 1.165) is 24.6 Å². The Morgan fingerprint density at radius 1 is 1.15 bits per heavy atom. The van der Waals surface area contributed by atoms with Gasteiger partial charge in [0.25, 0.3) is 0 Å². The van der Waals surface area contributed by atoms with E-state index in [2.05, 4.69) is 48.4 Å². The van der Waals surface area contributed by atoms with Crippen molar-refractivity contribution in [2.75, 3.05) is 39.3 Å². The smallest absolute Gasteiger partial charge is 0.191 e. The number of rotatable bonds is 8. The van der Waals surface area contributed by atoms with Gasteiger partial charge in [-0.1, -0.05) is 36.8 Å². The molecule has 3 N–H and O–H groups in total. The van der Waals surface area contributed by atoms with Crippen molar-refractivity contribution in [1.29, 1.82) is 0 Å². The minimum absolute atomic E-state index is 0. The molecule has 1 aliphatic rings. The van der Waals surface area contributed by atoms with E-state index in [4.69, 9.17) is 4.99 Å². The van der Waals surface area contributed by atoms with Crippen LogP contribution in [0.15, 0.2) is 35.3 Å². The lowest BCUT2D eigenvalue weighted by molar-refractivity contribution is 0.102.